The van der Waals surface area contributed by atoms with Crippen molar-refractivity contribution in [3.63, 3.8) is 0 Å². The van der Waals surface area contributed by atoms with Gasteiger partial charge in [-0.2, -0.15) is 0 Å². The molecule has 12 aromatic rings. The summed E-state index contributed by atoms with van der Waals surface area (Å²) in [5.74, 6) is -5.17. The molecule has 0 aliphatic carbocycles. The maximum atomic E-state index is 9.24. The van der Waals surface area contributed by atoms with Gasteiger partial charge in [0.15, 0.2) is 0 Å². The fourth-order valence-electron chi connectivity index (χ4n) is 10.5. The Kier molecular flexibility index (Phi) is 10.8. The van der Waals surface area contributed by atoms with E-state index in [1.807, 2.05) is 42.5 Å². The van der Waals surface area contributed by atoms with Crippen molar-refractivity contribution in [3.05, 3.63) is 222 Å². The molecule has 1 radical (unpaired) electrons. The average molecular weight is 1240 g/mol. The van der Waals surface area contributed by atoms with Crippen LogP contribution < -0.4 is 5.19 Å². The monoisotopic (exact) mass is 1240 g/mol. The van der Waals surface area contributed by atoms with E-state index >= 15 is 0 Å². The second kappa shape index (κ2) is 22.4. The molecule has 3 aromatic heterocycles. The molecule has 0 fully saturated rings. The van der Waals surface area contributed by atoms with E-state index in [0.29, 0.717) is 17.4 Å². The molecule has 12 rings (SSSR count). The quantitative estimate of drug-likeness (QED) is 0.0958. The molecule has 0 spiro atoms. The smallest absolute Gasteiger partial charge is 0.120 e. The molecular weight excluding hydrogens is 1160 g/mol. The van der Waals surface area contributed by atoms with Gasteiger partial charge in [0.25, 0.3) is 0 Å². The second-order valence-corrected chi connectivity index (χ2v) is 26.5. The zero-order valence-electron chi connectivity index (χ0n) is 61.1. The third kappa shape index (κ3) is 10.4. The molecule has 7 heteroatoms. The number of imidazole rings is 2. The number of furan rings is 1. The first-order valence-corrected chi connectivity index (χ1v) is 29.7. The third-order valence-electron chi connectivity index (χ3n) is 14.5. The molecule has 3 heterocycles. The number of rotatable bonds is 11. The van der Waals surface area contributed by atoms with Crippen molar-refractivity contribution in [2.75, 3.05) is 0 Å². The summed E-state index contributed by atoms with van der Waals surface area (Å²) in [6.45, 7) is 0.124. The number of para-hydroxylation sites is 6. The Balaban J connectivity index is 0.000000213. The van der Waals surface area contributed by atoms with E-state index in [2.05, 4.69) is 149 Å². The fourth-order valence-corrected chi connectivity index (χ4v) is 11.7. The van der Waals surface area contributed by atoms with Crippen LogP contribution in [0.5, 0.6) is 0 Å². The van der Waals surface area contributed by atoms with Crippen molar-refractivity contribution in [3.8, 4) is 56.4 Å². The summed E-state index contributed by atoms with van der Waals surface area (Å²) in [4.78, 5) is 10.0. The molecule has 0 saturated heterocycles. The minimum Gasteiger partial charge on any atom is -0.501 e. The van der Waals surface area contributed by atoms with Crippen LogP contribution >= 0.6 is 0 Å². The number of hydrogen-bond acceptors (Lipinski definition) is 3. The first-order chi connectivity index (χ1) is 44.1. The number of aryl methyl sites for hydroxylation is 1. The first kappa shape index (κ1) is 38.2. The Morgan fingerprint density at radius 3 is 1.78 bits per heavy atom. The topological polar surface area (TPSA) is 48.8 Å². The van der Waals surface area contributed by atoms with Crippen molar-refractivity contribution in [1.29, 1.82) is 0 Å². The van der Waals surface area contributed by atoms with Crippen LogP contribution in [0.15, 0.2) is 186 Å². The number of fused-ring (bicyclic) bond motifs is 5. The van der Waals surface area contributed by atoms with Gasteiger partial charge in [0.1, 0.15) is 5.58 Å². The summed E-state index contributed by atoms with van der Waals surface area (Å²) in [5.41, 5.74) is 10.4. The molecule has 5 nitrogen and oxygen atoms in total. The maximum Gasteiger partial charge on any atom is 0.120 e. The summed E-state index contributed by atoms with van der Waals surface area (Å²) in [5, 5.41) is 3.32. The normalized spacial score (nSPS) is 16.4. The van der Waals surface area contributed by atoms with Crippen LogP contribution in [0.1, 0.15) is 128 Å². The van der Waals surface area contributed by atoms with Gasteiger partial charge in [0, 0.05) is 58.8 Å². The summed E-state index contributed by atoms with van der Waals surface area (Å²) >= 11 is 0. The van der Waals surface area contributed by atoms with Gasteiger partial charge in [-0.3, -0.25) is 9.97 Å². The molecule has 399 valence electrons. The molecule has 1 atom stereocenters. The third-order valence-corrected chi connectivity index (χ3v) is 16.6. The van der Waals surface area contributed by atoms with Gasteiger partial charge in [-0.25, -0.2) is 0 Å². The predicted molar refractivity (Wildman–Crippen MR) is 333 cm³/mol. The first-order valence-electron chi connectivity index (χ1n) is 34.4. The Bertz CT molecular complexity index is 4770. The van der Waals surface area contributed by atoms with Crippen molar-refractivity contribution in [1.82, 2.24) is 19.1 Å². The van der Waals surface area contributed by atoms with Crippen LogP contribution in [0.3, 0.4) is 0 Å². The Labute approximate surface area is 504 Å². The van der Waals surface area contributed by atoms with Gasteiger partial charge in [0.05, 0.1) is 47.4 Å². The minimum atomic E-state index is -3.56. The molecule has 0 amide bonds. The number of nitrogens with zero attached hydrogens (tertiary/aromatic N) is 4. The standard InChI is InChI=1S/C37H31N2O.C35H39N2Si.Ir/c1-23(2)30-21-26(25-13-6-5-7-14-25)22-31(24(3)4)35(30)39-33-19-10-9-18-32(33)38-37(39)29-17-12-16-28-27-15-8-11-20-34(27)40-36(28)29;1-23(2)29-12-11-13-30(24(3)4)34(29)37-33-15-10-9-14-32(33)36-35(37)27-17-16-25(5)31(22-27)26-18-20-28(21-19-26)38(6,7)8;/h5-16,18-24H,1-4H3;9-16,18-24H,1-8H3;/q2*-1;/i;1D2,2D3,3D3,4D3,5D3,23D,24D;. The number of hydrogen-bond donors (Lipinski definition) is 0. The van der Waals surface area contributed by atoms with Crippen molar-refractivity contribution in [2.24, 2.45) is 0 Å². The van der Waals surface area contributed by atoms with Crippen molar-refractivity contribution >= 4 is 57.3 Å². The molecule has 0 aliphatic rings. The largest absolute Gasteiger partial charge is 0.501 e. The molecule has 9 aromatic carbocycles. The minimum absolute atomic E-state index is 0. The van der Waals surface area contributed by atoms with Gasteiger partial charge in [-0.15, -0.1) is 47.5 Å². The molecule has 1 unspecified atom stereocenters. The molecule has 79 heavy (non-hydrogen) atoms. The van der Waals surface area contributed by atoms with E-state index in [4.69, 9.17) is 33.6 Å². The van der Waals surface area contributed by atoms with E-state index in [1.165, 1.54) is 50.7 Å². The molecule has 0 aliphatic heterocycles. The van der Waals surface area contributed by atoms with Crippen LogP contribution in [0, 0.1) is 19.0 Å². The van der Waals surface area contributed by atoms with Crippen LogP contribution in [0.25, 0.3) is 100 Å². The van der Waals surface area contributed by atoms with Gasteiger partial charge < -0.3 is 13.6 Å². The zero-order valence-corrected chi connectivity index (χ0v) is 48.5. The Morgan fingerprint density at radius 1 is 0.557 bits per heavy atom. The molecule has 0 N–H and O–H groups in total. The molecule has 0 saturated carbocycles. The van der Waals surface area contributed by atoms with Crippen LogP contribution in [0.4, 0.5) is 0 Å². The average Bonchev–Trinajstić information content (AvgIpc) is 1.69. The molecular formula is C72H70IrN4OSi-2. The van der Waals surface area contributed by atoms with Crippen LogP contribution in [-0.2, 0) is 20.1 Å². The Hall–Kier alpha value is -7.41. The summed E-state index contributed by atoms with van der Waals surface area (Å²) in [6, 6.07) is 62.6. The molecule has 0 bridgehead atoms. The summed E-state index contributed by atoms with van der Waals surface area (Å²) in [6.07, 6.45) is 0. The van der Waals surface area contributed by atoms with Gasteiger partial charge in [-0.05, 0) is 105 Å². The van der Waals surface area contributed by atoms with Crippen molar-refractivity contribution < 1.29 is 46.5 Å². The SMILES string of the molecule is CC(C)c1cc(-c2ccccc2)cc(C(C)C)c1-n1c(-c2[c-]ccc3c2oc2ccccc23)nc2ccccc21.[2H]C([2H])C([2H])(c1cccc(C([2H])(C([2H])([2H])[2H])C([2H])([2H])[2H])c1-n1c(-c2[c-]cc(C([2H])([2H])[2H])c(-c3ccc([Si](C)(C)C)cc3)c2)nc2ccccc21)C([2H])([2H])[2H].[Ir]. The Morgan fingerprint density at radius 2 is 1.15 bits per heavy atom. The van der Waals surface area contributed by atoms with E-state index in [-0.39, 0.29) is 53.7 Å². The number of benzene rings is 9. The maximum absolute atomic E-state index is 9.24. The fraction of sp³-hybridized carbons (Fsp3) is 0.222. The zero-order chi connectivity index (χ0) is 68.0. The van der Waals surface area contributed by atoms with Crippen LogP contribution in [0.2, 0.25) is 19.6 Å². The van der Waals surface area contributed by atoms with E-state index < -0.39 is 71.0 Å². The van der Waals surface area contributed by atoms with Gasteiger partial charge in [-0.1, -0.05) is 219 Å². The summed E-state index contributed by atoms with van der Waals surface area (Å²) in [7, 11) is -1.73. The van der Waals surface area contributed by atoms with Gasteiger partial charge in [0.2, 0.25) is 0 Å². The van der Waals surface area contributed by atoms with Crippen molar-refractivity contribution in [2.45, 2.75) is 105 Å². The summed E-state index contributed by atoms with van der Waals surface area (Å²) < 4.78 is 145. The predicted octanol–water partition coefficient (Wildman–Crippen LogP) is 19.6. The van der Waals surface area contributed by atoms with Gasteiger partial charge >= 0.3 is 0 Å². The van der Waals surface area contributed by atoms with Crippen LogP contribution in [-0.4, -0.2) is 27.2 Å². The number of aromatic nitrogens is 4. The van der Waals surface area contributed by atoms with E-state index in [1.54, 1.807) is 18.2 Å². The van der Waals surface area contributed by atoms with E-state index in [0.717, 1.165) is 67.7 Å². The van der Waals surface area contributed by atoms with E-state index in [9.17, 15) is 2.74 Å². The second-order valence-electron chi connectivity index (χ2n) is 21.4.